The van der Waals surface area contributed by atoms with Gasteiger partial charge in [0.05, 0.1) is 6.26 Å². The van der Waals surface area contributed by atoms with E-state index in [4.69, 9.17) is 16.0 Å². The maximum absolute atomic E-state index is 13.4. The number of rotatable bonds is 6. The quantitative estimate of drug-likeness (QED) is 0.838. The van der Waals surface area contributed by atoms with Gasteiger partial charge in [-0.05, 0) is 56.1 Å². The summed E-state index contributed by atoms with van der Waals surface area (Å²) in [5, 5.41) is 4.06. The van der Waals surface area contributed by atoms with Crippen LogP contribution in [0.3, 0.4) is 0 Å². The first kappa shape index (κ1) is 15.1. The van der Waals surface area contributed by atoms with Crippen molar-refractivity contribution in [3.05, 3.63) is 58.3 Å². The smallest absolute Gasteiger partial charge is 0.123 e. The van der Waals surface area contributed by atoms with Crippen molar-refractivity contribution in [1.29, 1.82) is 0 Å². The highest BCUT2D eigenvalue weighted by atomic mass is 35.5. The minimum Gasteiger partial charge on any atom is -0.469 e. The molecule has 0 aliphatic rings. The van der Waals surface area contributed by atoms with Crippen LogP contribution in [0.1, 0.15) is 36.3 Å². The van der Waals surface area contributed by atoms with Crippen molar-refractivity contribution < 1.29 is 8.81 Å². The van der Waals surface area contributed by atoms with E-state index >= 15 is 0 Å². The minimum atomic E-state index is -0.262. The SMILES string of the molecule is CCCNC(Cc1cc(F)ccc1Cl)c1ccoc1C. The molecule has 0 radical (unpaired) electrons. The Bertz CT molecular complexity index is 567. The van der Waals surface area contributed by atoms with E-state index in [0.29, 0.717) is 11.4 Å². The van der Waals surface area contributed by atoms with Gasteiger partial charge in [-0.25, -0.2) is 4.39 Å². The summed E-state index contributed by atoms with van der Waals surface area (Å²) in [6.07, 6.45) is 3.35. The monoisotopic (exact) mass is 295 g/mol. The van der Waals surface area contributed by atoms with Gasteiger partial charge in [0.2, 0.25) is 0 Å². The standard InChI is InChI=1S/C16H19ClFNO/c1-3-7-19-16(14-6-8-20-11(14)2)10-12-9-13(18)4-5-15(12)17/h4-6,8-9,16,19H,3,7,10H2,1-2H3. The van der Waals surface area contributed by atoms with Gasteiger partial charge in [-0.3, -0.25) is 0 Å². The lowest BCUT2D eigenvalue weighted by Crippen LogP contribution is -2.24. The zero-order valence-electron chi connectivity index (χ0n) is 11.7. The molecule has 20 heavy (non-hydrogen) atoms. The number of hydrogen-bond donors (Lipinski definition) is 1. The molecular weight excluding hydrogens is 277 g/mol. The largest absolute Gasteiger partial charge is 0.469 e. The van der Waals surface area contributed by atoms with E-state index in [0.717, 1.165) is 29.9 Å². The molecule has 2 rings (SSSR count). The Kier molecular flexibility index (Phi) is 5.21. The fourth-order valence-corrected chi connectivity index (χ4v) is 2.48. The van der Waals surface area contributed by atoms with Crippen molar-refractivity contribution in [2.75, 3.05) is 6.54 Å². The molecule has 2 aromatic rings. The third-order valence-electron chi connectivity index (χ3n) is 3.35. The summed E-state index contributed by atoms with van der Waals surface area (Å²) in [7, 11) is 0. The van der Waals surface area contributed by atoms with Crippen LogP contribution in [0.25, 0.3) is 0 Å². The Hall–Kier alpha value is -1.32. The molecular formula is C16H19ClFNO. The van der Waals surface area contributed by atoms with Crippen molar-refractivity contribution in [3.63, 3.8) is 0 Å². The summed E-state index contributed by atoms with van der Waals surface area (Å²) in [6, 6.07) is 6.51. The second kappa shape index (κ2) is 6.91. The normalized spacial score (nSPS) is 12.6. The zero-order valence-corrected chi connectivity index (χ0v) is 12.5. The summed E-state index contributed by atoms with van der Waals surface area (Å²) < 4.78 is 18.7. The van der Waals surface area contributed by atoms with Crippen LogP contribution in [0.15, 0.2) is 34.9 Å². The summed E-state index contributed by atoms with van der Waals surface area (Å²) in [4.78, 5) is 0. The van der Waals surface area contributed by atoms with Crippen LogP contribution in [-0.2, 0) is 6.42 Å². The van der Waals surface area contributed by atoms with Crippen LogP contribution < -0.4 is 5.32 Å². The van der Waals surface area contributed by atoms with Gasteiger partial charge in [0, 0.05) is 16.6 Å². The molecule has 2 nitrogen and oxygen atoms in total. The van der Waals surface area contributed by atoms with Crippen molar-refractivity contribution in [2.45, 2.75) is 32.7 Å². The van der Waals surface area contributed by atoms with Crippen LogP contribution in [-0.4, -0.2) is 6.54 Å². The molecule has 0 fully saturated rings. The van der Waals surface area contributed by atoms with Crippen LogP contribution >= 0.6 is 11.6 Å². The number of benzene rings is 1. The van der Waals surface area contributed by atoms with Crippen LogP contribution in [0.2, 0.25) is 5.02 Å². The maximum Gasteiger partial charge on any atom is 0.123 e. The lowest BCUT2D eigenvalue weighted by Gasteiger charge is -2.19. The highest BCUT2D eigenvalue weighted by molar-refractivity contribution is 6.31. The van der Waals surface area contributed by atoms with E-state index in [1.165, 1.54) is 12.1 Å². The molecule has 1 aromatic heterocycles. The number of furan rings is 1. The molecule has 1 unspecified atom stereocenters. The molecule has 1 N–H and O–H groups in total. The van der Waals surface area contributed by atoms with E-state index in [1.54, 1.807) is 12.3 Å². The highest BCUT2D eigenvalue weighted by Gasteiger charge is 2.17. The molecule has 4 heteroatoms. The summed E-state index contributed by atoms with van der Waals surface area (Å²) in [5.74, 6) is 0.619. The van der Waals surface area contributed by atoms with E-state index in [9.17, 15) is 4.39 Å². The Balaban J connectivity index is 2.23. The summed E-state index contributed by atoms with van der Waals surface area (Å²) in [5.41, 5.74) is 1.90. The molecule has 0 amide bonds. The molecule has 1 aromatic carbocycles. The summed E-state index contributed by atoms with van der Waals surface area (Å²) >= 11 is 6.16. The van der Waals surface area contributed by atoms with E-state index in [-0.39, 0.29) is 11.9 Å². The van der Waals surface area contributed by atoms with Gasteiger partial charge in [0.25, 0.3) is 0 Å². The second-order valence-electron chi connectivity index (χ2n) is 4.88. The van der Waals surface area contributed by atoms with Crippen LogP contribution in [0.4, 0.5) is 4.39 Å². The molecule has 1 atom stereocenters. The molecule has 0 aliphatic carbocycles. The first-order valence-corrected chi connectivity index (χ1v) is 7.21. The van der Waals surface area contributed by atoms with Crippen molar-refractivity contribution in [3.8, 4) is 0 Å². The third-order valence-corrected chi connectivity index (χ3v) is 3.72. The van der Waals surface area contributed by atoms with E-state index in [1.807, 2.05) is 13.0 Å². The number of aryl methyl sites for hydroxylation is 1. The zero-order chi connectivity index (χ0) is 14.5. The highest BCUT2D eigenvalue weighted by Crippen LogP contribution is 2.26. The second-order valence-corrected chi connectivity index (χ2v) is 5.29. The van der Waals surface area contributed by atoms with Crippen molar-refractivity contribution in [2.24, 2.45) is 0 Å². The van der Waals surface area contributed by atoms with Gasteiger partial charge >= 0.3 is 0 Å². The molecule has 0 spiro atoms. The topological polar surface area (TPSA) is 25.2 Å². The number of nitrogens with one attached hydrogen (secondary N) is 1. The number of halogens is 2. The van der Waals surface area contributed by atoms with Crippen molar-refractivity contribution >= 4 is 11.6 Å². The minimum absolute atomic E-state index is 0.0769. The van der Waals surface area contributed by atoms with E-state index in [2.05, 4.69) is 12.2 Å². The fourth-order valence-electron chi connectivity index (χ4n) is 2.29. The Morgan fingerprint density at radius 1 is 1.35 bits per heavy atom. The fraction of sp³-hybridized carbons (Fsp3) is 0.375. The average Bonchev–Trinajstić information content (AvgIpc) is 2.84. The van der Waals surface area contributed by atoms with Gasteiger partial charge in [-0.15, -0.1) is 0 Å². The Morgan fingerprint density at radius 3 is 2.80 bits per heavy atom. The molecule has 1 heterocycles. The lowest BCUT2D eigenvalue weighted by atomic mass is 9.99. The van der Waals surface area contributed by atoms with Gasteiger partial charge in [-0.1, -0.05) is 18.5 Å². The molecule has 0 aliphatic heterocycles. The van der Waals surface area contributed by atoms with Gasteiger partial charge < -0.3 is 9.73 Å². The van der Waals surface area contributed by atoms with E-state index < -0.39 is 0 Å². The van der Waals surface area contributed by atoms with Crippen LogP contribution in [0, 0.1) is 12.7 Å². The summed E-state index contributed by atoms with van der Waals surface area (Å²) in [6.45, 7) is 4.94. The third kappa shape index (κ3) is 3.62. The van der Waals surface area contributed by atoms with Crippen LogP contribution in [0.5, 0.6) is 0 Å². The molecule has 0 saturated heterocycles. The van der Waals surface area contributed by atoms with Crippen molar-refractivity contribution in [1.82, 2.24) is 5.32 Å². The van der Waals surface area contributed by atoms with Gasteiger partial charge in [0.15, 0.2) is 0 Å². The van der Waals surface area contributed by atoms with Gasteiger partial charge in [-0.2, -0.15) is 0 Å². The predicted molar refractivity (Wildman–Crippen MR) is 79.6 cm³/mol. The lowest BCUT2D eigenvalue weighted by molar-refractivity contribution is 0.493. The number of hydrogen-bond acceptors (Lipinski definition) is 2. The predicted octanol–water partition coefficient (Wildman–Crippen LogP) is 4.66. The Morgan fingerprint density at radius 2 is 2.15 bits per heavy atom. The van der Waals surface area contributed by atoms with Gasteiger partial charge in [0.1, 0.15) is 11.6 Å². The first-order chi connectivity index (χ1) is 9.61. The first-order valence-electron chi connectivity index (χ1n) is 6.83. The average molecular weight is 296 g/mol. The Labute approximate surface area is 123 Å². The molecule has 0 saturated carbocycles. The molecule has 108 valence electrons. The maximum atomic E-state index is 13.4. The molecule has 0 bridgehead atoms.